The first kappa shape index (κ1) is 13.6. The molecule has 1 aromatic heterocycles. The van der Waals surface area contributed by atoms with Gasteiger partial charge in [0.05, 0.1) is 6.04 Å². The molecule has 2 rings (SSSR count). The molecule has 1 saturated heterocycles. The molecule has 0 spiro atoms. The highest BCUT2D eigenvalue weighted by atomic mass is 32.1. The fourth-order valence-corrected chi connectivity index (χ4v) is 3.24. The van der Waals surface area contributed by atoms with Gasteiger partial charge < -0.3 is 4.90 Å². The van der Waals surface area contributed by atoms with Crippen LogP contribution in [-0.2, 0) is 11.3 Å². The minimum atomic E-state index is 0.0565. The van der Waals surface area contributed by atoms with E-state index >= 15 is 0 Å². The van der Waals surface area contributed by atoms with Crippen LogP contribution in [0.5, 0.6) is 0 Å². The van der Waals surface area contributed by atoms with Crippen LogP contribution < -0.4 is 0 Å². The molecular weight excluding hydrogens is 244 g/mol. The van der Waals surface area contributed by atoms with Crippen LogP contribution in [0.3, 0.4) is 0 Å². The van der Waals surface area contributed by atoms with Gasteiger partial charge >= 0.3 is 0 Å². The maximum Gasteiger partial charge on any atom is 0.240 e. The summed E-state index contributed by atoms with van der Waals surface area (Å²) in [5, 5.41) is 4.25. The van der Waals surface area contributed by atoms with Crippen LogP contribution >= 0.6 is 11.3 Å². The Bertz CT molecular complexity index is 389. The molecule has 0 radical (unpaired) electrons. The summed E-state index contributed by atoms with van der Waals surface area (Å²) in [7, 11) is 2.06. The Labute approximate surface area is 113 Å². The van der Waals surface area contributed by atoms with E-state index in [0.717, 1.165) is 25.9 Å². The van der Waals surface area contributed by atoms with Crippen LogP contribution in [0.15, 0.2) is 16.8 Å². The molecule has 4 heteroatoms. The smallest absolute Gasteiger partial charge is 0.240 e. The number of hydrogen-bond donors (Lipinski definition) is 0. The van der Waals surface area contributed by atoms with E-state index in [1.54, 1.807) is 11.3 Å². The first-order chi connectivity index (χ1) is 8.59. The van der Waals surface area contributed by atoms with Gasteiger partial charge in [0.25, 0.3) is 0 Å². The van der Waals surface area contributed by atoms with Crippen molar-refractivity contribution in [1.82, 2.24) is 9.80 Å². The molecule has 1 fully saturated rings. The maximum absolute atomic E-state index is 12.4. The molecule has 2 heterocycles. The number of carbonyl (C=O) groups excluding carboxylic acids is 1. The molecule has 0 bridgehead atoms. The number of piperidine rings is 1. The molecule has 0 aromatic carbocycles. The quantitative estimate of drug-likeness (QED) is 0.836. The van der Waals surface area contributed by atoms with Gasteiger partial charge in [0.15, 0.2) is 0 Å². The Morgan fingerprint density at radius 2 is 2.33 bits per heavy atom. The highest BCUT2D eigenvalue weighted by Gasteiger charge is 2.32. The number of rotatable bonds is 4. The number of amides is 1. The van der Waals surface area contributed by atoms with Gasteiger partial charge in [-0.15, -0.1) is 0 Å². The van der Waals surface area contributed by atoms with Crippen molar-refractivity contribution in [2.75, 3.05) is 13.6 Å². The summed E-state index contributed by atoms with van der Waals surface area (Å²) < 4.78 is 0. The predicted octanol–water partition coefficient (Wildman–Crippen LogP) is 2.58. The summed E-state index contributed by atoms with van der Waals surface area (Å²) >= 11 is 1.71. The lowest BCUT2D eigenvalue weighted by Gasteiger charge is -2.38. The first-order valence-electron chi connectivity index (χ1n) is 6.61. The van der Waals surface area contributed by atoms with E-state index in [0.29, 0.717) is 11.9 Å². The second-order valence-electron chi connectivity index (χ2n) is 5.33. The zero-order valence-electron chi connectivity index (χ0n) is 11.4. The average Bonchev–Trinajstić information content (AvgIpc) is 2.81. The topological polar surface area (TPSA) is 23.6 Å². The number of thiophene rings is 1. The van der Waals surface area contributed by atoms with Gasteiger partial charge in [-0.1, -0.05) is 0 Å². The molecule has 1 unspecified atom stereocenters. The van der Waals surface area contributed by atoms with E-state index in [1.165, 1.54) is 5.56 Å². The monoisotopic (exact) mass is 266 g/mol. The fourth-order valence-electron chi connectivity index (χ4n) is 2.58. The largest absolute Gasteiger partial charge is 0.339 e. The molecule has 1 aliphatic heterocycles. The molecule has 0 aliphatic carbocycles. The van der Waals surface area contributed by atoms with Crippen molar-refractivity contribution in [3.63, 3.8) is 0 Å². The van der Waals surface area contributed by atoms with Crippen LogP contribution in [-0.4, -0.2) is 41.4 Å². The Morgan fingerprint density at radius 1 is 1.56 bits per heavy atom. The van der Waals surface area contributed by atoms with Crippen molar-refractivity contribution >= 4 is 17.2 Å². The van der Waals surface area contributed by atoms with E-state index < -0.39 is 0 Å². The van der Waals surface area contributed by atoms with Crippen LogP contribution in [0.1, 0.15) is 32.3 Å². The van der Waals surface area contributed by atoms with E-state index in [-0.39, 0.29) is 6.04 Å². The Morgan fingerprint density at radius 3 is 2.94 bits per heavy atom. The number of carbonyl (C=O) groups is 1. The Kier molecular flexibility index (Phi) is 4.40. The number of hydrogen-bond acceptors (Lipinski definition) is 3. The van der Waals surface area contributed by atoms with E-state index in [9.17, 15) is 4.79 Å². The van der Waals surface area contributed by atoms with Crippen molar-refractivity contribution in [2.24, 2.45) is 0 Å². The van der Waals surface area contributed by atoms with Crippen LogP contribution in [0.25, 0.3) is 0 Å². The molecule has 1 amide bonds. The normalized spacial score (nSPS) is 21.1. The minimum absolute atomic E-state index is 0.0565. The van der Waals surface area contributed by atoms with Gasteiger partial charge in [-0.05, 0) is 56.1 Å². The highest BCUT2D eigenvalue weighted by molar-refractivity contribution is 7.07. The molecule has 1 aliphatic rings. The Balaban J connectivity index is 2.01. The standard InChI is InChI=1S/C14H22N2OS/c1-11(2)16-7-4-5-13(14(16)17)15(3)9-12-6-8-18-10-12/h6,8,10-11,13H,4-5,7,9H2,1-3H3. The van der Waals surface area contributed by atoms with Gasteiger partial charge in [0, 0.05) is 19.1 Å². The van der Waals surface area contributed by atoms with E-state index in [4.69, 9.17) is 0 Å². The lowest BCUT2D eigenvalue weighted by molar-refractivity contribution is -0.141. The molecule has 1 aromatic rings. The fraction of sp³-hybridized carbons (Fsp3) is 0.643. The molecule has 3 nitrogen and oxygen atoms in total. The lowest BCUT2D eigenvalue weighted by atomic mass is 10.0. The number of likely N-dealkylation sites (tertiary alicyclic amines) is 1. The van der Waals surface area contributed by atoms with Gasteiger partial charge in [-0.2, -0.15) is 11.3 Å². The molecular formula is C14H22N2OS. The van der Waals surface area contributed by atoms with Gasteiger partial charge in [-0.3, -0.25) is 9.69 Å². The van der Waals surface area contributed by atoms with Crippen molar-refractivity contribution in [2.45, 2.75) is 45.3 Å². The van der Waals surface area contributed by atoms with Crippen molar-refractivity contribution in [1.29, 1.82) is 0 Å². The zero-order valence-corrected chi connectivity index (χ0v) is 12.2. The third-order valence-electron chi connectivity index (χ3n) is 3.61. The highest BCUT2D eigenvalue weighted by Crippen LogP contribution is 2.20. The number of likely N-dealkylation sites (N-methyl/N-ethyl adjacent to an activating group) is 1. The minimum Gasteiger partial charge on any atom is -0.339 e. The number of nitrogens with zero attached hydrogens (tertiary/aromatic N) is 2. The summed E-state index contributed by atoms with van der Waals surface area (Å²) in [5.74, 6) is 0.300. The molecule has 0 saturated carbocycles. The van der Waals surface area contributed by atoms with E-state index in [1.807, 2.05) is 4.90 Å². The second kappa shape index (κ2) is 5.85. The average molecular weight is 266 g/mol. The van der Waals surface area contributed by atoms with Gasteiger partial charge in [0.2, 0.25) is 5.91 Å². The van der Waals surface area contributed by atoms with Gasteiger partial charge in [-0.25, -0.2) is 0 Å². The molecule has 1 atom stereocenters. The third-order valence-corrected chi connectivity index (χ3v) is 4.34. The van der Waals surface area contributed by atoms with Crippen molar-refractivity contribution < 1.29 is 4.79 Å². The summed E-state index contributed by atoms with van der Waals surface area (Å²) in [6.07, 6.45) is 2.10. The summed E-state index contributed by atoms with van der Waals surface area (Å²) in [6, 6.07) is 2.50. The predicted molar refractivity (Wildman–Crippen MR) is 75.7 cm³/mol. The lowest BCUT2D eigenvalue weighted by Crippen LogP contribution is -2.53. The Hall–Kier alpha value is -0.870. The molecule has 0 N–H and O–H groups in total. The second-order valence-corrected chi connectivity index (χ2v) is 6.11. The van der Waals surface area contributed by atoms with Gasteiger partial charge in [0.1, 0.15) is 0 Å². The summed E-state index contributed by atoms with van der Waals surface area (Å²) in [4.78, 5) is 16.6. The zero-order chi connectivity index (χ0) is 13.1. The van der Waals surface area contributed by atoms with Crippen molar-refractivity contribution in [3.8, 4) is 0 Å². The molecule has 18 heavy (non-hydrogen) atoms. The van der Waals surface area contributed by atoms with Crippen LogP contribution in [0.4, 0.5) is 0 Å². The van der Waals surface area contributed by atoms with E-state index in [2.05, 4.69) is 42.6 Å². The SMILES string of the molecule is CC(C)N1CCCC(N(C)Cc2ccsc2)C1=O. The first-order valence-corrected chi connectivity index (χ1v) is 7.55. The van der Waals surface area contributed by atoms with Crippen molar-refractivity contribution in [3.05, 3.63) is 22.4 Å². The molecule has 100 valence electrons. The van der Waals surface area contributed by atoms with Crippen LogP contribution in [0.2, 0.25) is 0 Å². The maximum atomic E-state index is 12.4. The van der Waals surface area contributed by atoms with Crippen LogP contribution in [0, 0.1) is 0 Å². The summed E-state index contributed by atoms with van der Waals surface area (Å²) in [6.45, 7) is 5.98. The summed E-state index contributed by atoms with van der Waals surface area (Å²) in [5.41, 5.74) is 1.30. The third kappa shape index (κ3) is 2.93.